The van der Waals surface area contributed by atoms with Crippen LogP contribution >= 0.6 is 11.3 Å². The van der Waals surface area contributed by atoms with Crippen molar-refractivity contribution in [2.75, 3.05) is 20.2 Å². The molecule has 1 aromatic heterocycles. The Balaban J connectivity index is 1.76. The van der Waals surface area contributed by atoms with E-state index in [1.54, 1.807) is 23.5 Å². The summed E-state index contributed by atoms with van der Waals surface area (Å²) in [5.74, 6) is -0.210. The van der Waals surface area contributed by atoms with Gasteiger partial charge in [0, 0.05) is 24.5 Å². The van der Waals surface area contributed by atoms with Crippen LogP contribution in [0.5, 0.6) is 5.75 Å². The minimum atomic E-state index is -0.912. The summed E-state index contributed by atoms with van der Waals surface area (Å²) in [6.07, 6.45) is 0.835. The molecule has 0 radical (unpaired) electrons. The van der Waals surface area contributed by atoms with Crippen molar-refractivity contribution >= 4 is 23.2 Å². The van der Waals surface area contributed by atoms with Crippen LogP contribution in [0.15, 0.2) is 41.8 Å². The summed E-state index contributed by atoms with van der Waals surface area (Å²) in [6, 6.07) is 11.0. The molecule has 3 rings (SSSR count). The SMILES string of the molecule is COc1csc(C(=O)N2CCC(C(=O)O)(c3ccccc3)CC2)c1. The number of piperidine rings is 1. The van der Waals surface area contributed by atoms with Crippen LogP contribution in [0.2, 0.25) is 0 Å². The number of rotatable bonds is 4. The average molecular weight is 345 g/mol. The highest BCUT2D eigenvalue weighted by Gasteiger charge is 2.44. The molecule has 0 unspecified atom stereocenters. The highest BCUT2D eigenvalue weighted by molar-refractivity contribution is 7.12. The zero-order valence-electron chi connectivity index (χ0n) is 13.4. The van der Waals surface area contributed by atoms with Gasteiger partial charge in [0.05, 0.1) is 17.4 Å². The Hall–Kier alpha value is -2.34. The molecule has 0 aliphatic carbocycles. The van der Waals surface area contributed by atoms with E-state index in [1.165, 1.54) is 11.3 Å². The fourth-order valence-corrected chi connectivity index (χ4v) is 3.99. The molecular formula is C18H19NO4S. The number of likely N-dealkylation sites (tertiary alicyclic amines) is 1. The van der Waals surface area contributed by atoms with E-state index in [2.05, 4.69) is 0 Å². The van der Waals surface area contributed by atoms with E-state index in [0.717, 1.165) is 5.56 Å². The maximum atomic E-state index is 12.6. The van der Waals surface area contributed by atoms with E-state index in [0.29, 0.717) is 36.6 Å². The number of benzene rings is 1. The zero-order valence-corrected chi connectivity index (χ0v) is 14.2. The second-order valence-electron chi connectivity index (χ2n) is 5.90. The monoisotopic (exact) mass is 345 g/mol. The summed E-state index contributed by atoms with van der Waals surface area (Å²) in [5, 5.41) is 11.6. The van der Waals surface area contributed by atoms with Crippen LogP contribution in [0.25, 0.3) is 0 Å². The second kappa shape index (κ2) is 6.65. The molecule has 1 aliphatic rings. The normalized spacial score (nSPS) is 16.6. The van der Waals surface area contributed by atoms with E-state index in [-0.39, 0.29) is 5.91 Å². The van der Waals surface area contributed by atoms with Crippen LogP contribution in [0, 0.1) is 0 Å². The summed E-state index contributed by atoms with van der Waals surface area (Å²) >= 11 is 1.35. The fourth-order valence-electron chi connectivity index (χ4n) is 3.17. The first kappa shape index (κ1) is 16.5. The Bertz CT molecular complexity index is 732. The van der Waals surface area contributed by atoms with Gasteiger partial charge >= 0.3 is 5.97 Å². The van der Waals surface area contributed by atoms with Gasteiger partial charge in [-0.3, -0.25) is 9.59 Å². The Morgan fingerprint density at radius 2 is 1.88 bits per heavy atom. The molecule has 0 atom stereocenters. The lowest BCUT2D eigenvalue weighted by Gasteiger charge is -2.39. The number of carbonyl (C=O) groups is 2. The lowest BCUT2D eigenvalue weighted by atomic mass is 9.73. The molecule has 1 saturated heterocycles. The van der Waals surface area contributed by atoms with Gasteiger partial charge < -0.3 is 14.7 Å². The summed E-state index contributed by atoms with van der Waals surface area (Å²) < 4.78 is 5.12. The van der Waals surface area contributed by atoms with E-state index in [1.807, 2.05) is 30.3 Å². The van der Waals surface area contributed by atoms with E-state index in [9.17, 15) is 14.7 Å². The molecule has 2 heterocycles. The molecule has 1 amide bonds. The molecule has 2 aromatic rings. The molecule has 1 N–H and O–H groups in total. The van der Waals surface area contributed by atoms with Crippen molar-refractivity contribution in [3.63, 3.8) is 0 Å². The maximum Gasteiger partial charge on any atom is 0.314 e. The molecule has 24 heavy (non-hydrogen) atoms. The third kappa shape index (κ3) is 2.89. The van der Waals surface area contributed by atoms with Crippen molar-refractivity contribution < 1.29 is 19.4 Å². The molecule has 1 fully saturated rings. The molecule has 1 aromatic carbocycles. The number of thiophene rings is 1. The number of hydrogen-bond acceptors (Lipinski definition) is 4. The topological polar surface area (TPSA) is 66.8 Å². The number of methoxy groups -OCH3 is 1. The van der Waals surface area contributed by atoms with Crippen LogP contribution in [0.4, 0.5) is 0 Å². The molecule has 6 heteroatoms. The van der Waals surface area contributed by atoms with Crippen molar-refractivity contribution in [1.29, 1.82) is 0 Å². The van der Waals surface area contributed by atoms with Gasteiger partial charge in [-0.15, -0.1) is 11.3 Å². The van der Waals surface area contributed by atoms with Gasteiger partial charge in [-0.1, -0.05) is 30.3 Å². The van der Waals surface area contributed by atoms with Gasteiger partial charge in [0.25, 0.3) is 5.91 Å². The maximum absolute atomic E-state index is 12.6. The van der Waals surface area contributed by atoms with E-state index >= 15 is 0 Å². The number of amides is 1. The number of carboxylic acid groups (broad SMARTS) is 1. The van der Waals surface area contributed by atoms with Crippen molar-refractivity contribution in [2.24, 2.45) is 0 Å². The molecular weight excluding hydrogens is 326 g/mol. The summed E-state index contributed by atoms with van der Waals surface area (Å²) in [5.41, 5.74) is -0.104. The first-order valence-corrected chi connectivity index (χ1v) is 8.65. The Kier molecular flexibility index (Phi) is 4.57. The summed E-state index contributed by atoms with van der Waals surface area (Å²) in [6.45, 7) is 0.862. The molecule has 0 spiro atoms. The highest BCUT2D eigenvalue weighted by atomic mass is 32.1. The first-order chi connectivity index (χ1) is 11.6. The highest BCUT2D eigenvalue weighted by Crippen LogP contribution is 2.36. The van der Waals surface area contributed by atoms with E-state index in [4.69, 9.17) is 4.74 Å². The molecule has 126 valence electrons. The molecule has 0 bridgehead atoms. The predicted molar refractivity (Wildman–Crippen MR) is 91.8 cm³/mol. The lowest BCUT2D eigenvalue weighted by Crippen LogP contribution is -2.49. The quantitative estimate of drug-likeness (QED) is 0.925. The third-order valence-corrected chi connectivity index (χ3v) is 5.56. The molecule has 5 nitrogen and oxygen atoms in total. The van der Waals surface area contributed by atoms with Gasteiger partial charge in [0.2, 0.25) is 0 Å². The standard InChI is InChI=1S/C18H19NO4S/c1-23-14-11-15(24-12-14)16(20)19-9-7-18(8-10-19,17(21)22)13-5-3-2-4-6-13/h2-6,11-12H,7-10H2,1H3,(H,21,22). The summed E-state index contributed by atoms with van der Waals surface area (Å²) in [4.78, 5) is 26.9. The Morgan fingerprint density at radius 1 is 1.21 bits per heavy atom. The number of hydrogen-bond donors (Lipinski definition) is 1. The van der Waals surface area contributed by atoms with Crippen molar-refractivity contribution in [3.05, 3.63) is 52.2 Å². The first-order valence-electron chi connectivity index (χ1n) is 7.77. The Morgan fingerprint density at radius 3 is 2.42 bits per heavy atom. The van der Waals surface area contributed by atoms with Crippen molar-refractivity contribution in [1.82, 2.24) is 4.90 Å². The predicted octanol–water partition coefficient (Wildman–Crippen LogP) is 3.02. The number of carbonyl (C=O) groups excluding carboxylic acids is 1. The average Bonchev–Trinajstić information content (AvgIpc) is 3.11. The zero-order chi connectivity index (χ0) is 17.2. The Labute approximate surface area is 144 Å². The number of aliphatic carboxylic acids is 1. The molecule has 0 saturated carbocycles. The lowest BCUT2D eigenvalue weighted by molar-refractivity contribution is -0.145. The van der Waals surface area contributed by atoms with Crippen LogP contribution in [-0.2, 0) is 10.2 Å². The van der Waals surface area contributed by atoms with Gasteiger partial charge in [-0.25, -0.2) is 0 Å². The van der Waals surface area contributed by atoms with Crippen LogP contribution in [-0.4, -0.2) is 42.1 Å². The van der Waals surface area contributed by atoms with Gasteiger partial charge in [-0.2, -0.15) is 0 Å². The van der Waals surface area contributed by atoms with Crippen LogP contribution < -0.4 is 4.74 Å². The van der Waals surface area contributed by atoms with Crippen molar-refractivity contribution in [3.8, 4) is 5.75 Å². The van der Waals surface area contributed by atoms with Gasteiger partial charge in [0.15, 0.2) is 0 Å². The third-order valence-electron chi connectivity index (χ3n) is 4.66. The van der Waals surface area contributed by atoms with Gasteiger partial charge in [0.1, 0.15) is 5.75 Å². The summed E-state index contributed by atoms with van der Waals surface area (Å²) in [7, 11) is 1.57. The smallest absolute Gasteiger partial charge is 0.314 e. The number of carboxylic acids is 1. The van der Waals surface area contributed by atoms with E-state index < -0.39 is 11.4 Å². The van der Waals surface area contributed by atoms with Gasteiger partial charge in [-0.05, 0) is 18.4 Å². The minimum Gasteiger partial charge on any atom is -0.496 e. The number of ether oxygens (including phenoxy) is 1. The van der Waals surface area contributed by atoms with Crippen LogP contribution in [0.1, 0.15) is 28.1 Å². The minimum absolute atomic E-state index is 0.0599. The fraction of sp³-hybridized carbons (Fsp3) is 0.333. The molecule has 1 aliphatic heterocycles. The number of nitrogens with zero attached hydrogens (tertiary/aromatic N) is 1. The van der Waals surface area contributed by atoms with Crippen LogP contribution in [0.3, 0.4) is 0 Å². The second-order valence-corrected chi connectivity index (χ2v) is 6.81. The largest absolute Gasteiger partial charge is 0.496 e. The van der Waals surface area contributed by atoms with Crippen molar-refractivity contribution in [2.45, 2.75) is 18.3 Å².